The summed E-state index contributed by atoms with van der Waals surface area (Å²) in [4.78, 5) is 14.1. The van der Waals surface area contributed by atoms with Crippen molar-refractivity contribution in [1.29, 1.82) is 5.26 Å². The summed E-state index contributed by atoms with van der Waals surface area (Å²) in [5.41, 5.74) is -0.0587. The Kier molecular flexibility index (Phi) is 6.51. The van der Waals surface area contributed by atoms with E-state index >= 15 is 0 Å². The third-order valence-corrected chi connectivity index (χ3v) is 3.90. The number of benzene rings is 1. The van der Waals surface area contributed by atoms with E-state index in [-0.39, 0.29) is 24.2 Å². The number of halogens is 1. The molecule has 0 fully saturated rings. The quantitative estimate of drug-likeness (QED) is 0.842. The van der Waals surface area contributed by atoms with Gasteiger partial charge in [0, 0.05) is 6.54 Å². The van der Waals surface area contributed by atoms with Gasteiger partial charge in [0.25, 0.3) is 0 Å². The highest BCUT2D eigenvalue weighted by molar-refractivity contribution is 5.79. The molecule has 1 atom stereocenters. The summed E-state index contributed by atoms with van der Waals surface area (Å²) >= 11 is 0. The van der Waals surface area contributed by atoms with Crippen molar-refractivity contribution < 1.29 is 9.18 Å². The number of amides is 1. The zero-order valence-corrected chi connectivity index (χ0v) is 13.7. The van der Waals surface area contributed by atoms with Crippen molar-refractivity contribution in [1.82, 2.24) is 10.2 Å². The Morgan fingerprint density at radius 2 is 2.18 bits per heavy atom. The fourth-order valence-corrected chi connectivity index (χ4v) is 2.01. The highest BCUT2D eigenvalue weighted by Gasteiger charge is 2.30. The summed E-state index contributed by atoms with van der Waals surface area (Å²) in [6, 6.07) is 8.51. The van der Waals surface area contributed by atoms with Gasteiger partial charge in [0.05, 0.1) is 12.6 Å². The summed E-state index contributed by atoms with van der Waals surface area (Å²) in [5.74, 6) is -0.467. The van der Waals surface area contributed by atoms with Gasteiger partial charge < -0.3 is 5.32 Å². The van der Waals surface area contributed by atoms with Crippen molar-refractivity contribution in [3.63, 3.8) is 0 Å². The molecular weight excluding hydrogens is 281 g/mol. The van der Waals surface area contributed by atoms with Gasteiger partial charge in [-0.1, -0.05) is 32.9 Å². The lowest BCUT2D eigenvalue weighted by Crippen LogP contribution is -2.51. The molecule has 0 bridgehead atoms. The van der Waals surface area contributed by atoms with Gasteiger partial charge in [-0.2, -0.15) is 5.26 Å². The third-order valence-electron chi connectivity index (χ3n) is 3.90. The first-order valence-electron chi connectivity index (χ1n) is 7.49. The largest absolute Gasteiger partial charge is 0.337 e. The highest BCUT2D eigenvalue weighted by atomic mass is 19.1. The molecular formula is C17H24FN3O. The van der Waals surface area contributed by atoms with Crippen molar-refractivity contribution in [2.45, 2.75) is 39.8 Å². The van der Waals surface area contributed by atoms with Gasteiger partial charge in [0.1, 0.15) is 11.4 Å². The Hall–Kier alpha value is -1.93. The van der Waals surface area contributed by atoms with Gasteiger partial charge in [-0.15, -0.1) is 0 Å². The van der Waals surface area contributed by atoms with Crippen LogP contribution in [0.2, 0.25) is 0 Å². The second kappa shape index (κ2) is 7.90. The van der Waals surface area contributed by atoms with E-state index in [9.17, 15) is 14.4 Å². The molecule has 1 aromatic carbocycles. The molecule has 1 aromatic rings. The molecule has 0 aliphatic rings. The molecule has 22 heavy (non-hydrogen) atoms. The van der Waals surface area contributed by atoms with Crippen LogP contribution in [0.25, 0.3) is 0 Å². The zero-order valence-electron chi connectivity index (χ0n) is 13.7. The summed E-state index contributed by atoms with van der Waals surface area (Å²) in [7, 11) is 0. The molecule has 0 aliphatic carbocycles. The molecule has 1 N–H and O–H groups in total. The maximum atomic E-state index is 13.2. The van der Waals surface area contributed by atoms with Crippen LogP contribution in [0, 0.1) is 23.1 Å². The SMILES string of the molecule is CCN(CC(=O)NC(C)(C#N)C(C)C)Cc1cccc(F)c1. The van der Waals surface area contributed by atoms with Crippen LogP contribution in [-0.4, -0.2) is 29.4 Å². The van der Waals surface area contributed by atoms with E-state index in [1.54, 1.807) is 13.0 Å². The number of hydrogen-bond donors (Lipinski definition) is 1. The molecule has 0 aliphatic heterocycles. The molecule has 0 saturated carbocycles. The molecule has 0 aromatic heterocycles. The molecule has 0 spiro atoms. The van der Waals surface area contributed by atoms with Gasteiger partial charge >= 0.3 is 0 Å². The van der Waals surface area contributed by atoms with Gasteiger partial charge in [0.2, 0.25) is 5.91 Å². The van der Waals surface area contributed by atoms with Crippen LogP contribution in [0.5, 0.6) is 0 Å². The molecule has 1 unspecified atom stereocenters. The normalized spacial score (nSPS) is 13.7. The van der Waals surface area contributed by atoms with Crippen LogP contribution in [-0.2, 0) is 11.3 Å². The average Bonchev–Trinajstić information content (AvgIpc) is 2.46. The van der Waals surface area contributed by atoms with Crippen molar-refractivity contribution in [2.24, 2.45) is 5.92 Å². The molecule has 1 rings (SSSR count). The molecule has 0 heterocycles. The lowest BCUT2D eigenvalue weighted by molar-refractivity contribution is -0.124. The molecule has 0 radical (unpaired) electrons. The molecule has 4 nitrogen and oxygen atoms in total. The van der Waals surface area contributed by atoms with Crippen molar-refractivity contribution in [2.75, 3.05) is 13.1 Å². The summed E-state index contributed by atoms with van der Waals surface area (Å²) in [6.07, 6.45) is 0. The van der Waals surface area contributed by atoms with E-state index in [2.05, 4.69) is 11.4 Å². The lowest BCUT2D eigenvalue weighted by Gasteiger charge is -2.29. The maximum Gasteiger partial charge on any atom is 0.235 e. The van der Waals surface area contributed by atoms with E-state index in [0.717, 1.165) is 5.56 Å². The fourth-order valence-electron chi connectivity index (χ4n) is 2.01. The minimum absolute atomic E-state index is 0.0137. The van der Waals surface area contributed by atoms with Crippen LogP contribution in [0.15, 0.2) is 24.3 Å². The number of carbonyl (C=O) groups is 1. The van der Waals surface area contributed by atoms with Crippen LogP contribution in [0.3, 0.4) is 0 Å². The predicted molar refractivity (Wildman–Crippen MR) is 84.3 cm³/mol. The Bertz CT molecular complexity index is 553. The van der Waals surface area contributed by atoms with Crippen LogP contribution in [0.4, 0.5) is 4.39 Å². The van der Waals surface area contributed by atoms with E-state index in [4.69, 9.17) is 0 Å². The Labute approximate surface area is 131 Å². The number of nitrogens with one attached hydrogen (secondary N) is 1. The number of carbonyl (C=O) groups excluding carboxylic acids is 1. The average molecular weight is 305 g/mol. The first-order chi connectivity index (χ1) is 10.3. The Balaban J connectivity index is 2.66. The first-order valence-corrected chi connectivity index (χ1v) is 7.49. The summed E-state index contributed by atoms with van der Waals surface area (Å²) in [5, 5.41) is 12.0. The van der Waals surface area contributed by atoms with Crippen LogP contribution in [0.1, 0.15) is 33.3 Å². The minimum Gasteiger partial charge on any atom is -0.337 e. The van der Waals surface area contributed by atoms with E-state index in [1.165, 1.54) is 12.1 Å². The number of likely N-dealkylation sites (N-methyl/N-ethyl adjacent to an activating group) is 1. The van der Waals surface area contributed by atoms with Gasteiger partial charge in [-0.05, 0) is 37.1 Å². The Morgan fingerprint density at radius 3 is 2.68 bits per heavy atom. The number of hydrogen-bond acceptors (Lipinski definition) is 3. The van der Waals surface area contributed by atoms with Gasteiger partial charge in [-0.3, -0.25) is 9.69 Å². The zero-order chi connectivity index (χ0) is 16.8. The third kappa shape index (κ3) is 5.12. The second-order valence-electron chi connectivity index (χ2n) is 5.95. The van der Waals surface area contributed by atoms with Crippen LogP contribution >= 0.6 is 0 Å². The number of rotatable bonds is 7. The highest BCUT2D eigenvalue weighted by Crippen LogP contribution is 2.15. The van der Waals surface area contributed by atoms with E-state index in [0.29, 0.717) is 13.1 Å². The standard InChI is InChI=1S/C17H24FN3O/c1-5-21(10-14-7-6-8-15(18)9-14)11-16(22)20-17(4,12-19)13(2)3/h6-9,13H,5,10-11H2,1-4H3,(H,20,22). The molecule has 5 heteroatoms. The maximum absolute atomic E-state index is 13.2. The smallest absolute Gasteiger partial charge is 0.235 e. The van der Waals surface area contributed by atoms with E-state index < -0.39 is 5.54 Å². The van der Waals surface area contributed by atoms with Crippen molar-refractivity contribution in [3.05, 3.63) is 35.6 Å². The van der Waals surface area contributed by atoms with Crippen molar-refractivity contribution in [3.8, 4) is 6.07 Å². The van der Waals surface area contributed by atoms with Gasteiger partial charge in [0.15, 0.2) is 0 Å². The lowest BCUT2D eigenvalue weighted by atomic mass is 9.90. The summed E-state index contributed by atoms with van der Waals surface area (Å²) < 4.78 is 13.2. The number of nitrogens with zero attached hydrogens (tertiary/aromatic N) is 2. The first kappa shape index (κ1) is 18.1. The fraction of sp³-hybridized carbons (Fsp3) is 0.529. The van der Waals surface area contributed by atoms with Crippen molar-refractivity contribution >= 4 is 5.91 Å². The molecule has 120 valence electrons. The topological polar surface area (TPSA) is 56.1 Å². The van der Waals surface area contributed by atoms with E-state index in [1.807, 2.05) is 31.7 Å². The Morgan fingerprint density at radius 1 is 1.50 bits per heavy atom. The monoisotopic (exact) mass is 305 g/mol. The van der Waals surface area contributed by atoms with Crippen LogP contribution < -0.4 is 5.32 Å². The summed E-state index contributed by atoms with van der Waals surface area (Å²) in [6.45, 7) is 8.79. The molecule has 0 saturated heterocycles. The minimum atomic E-state index is -0.880. The predicted octanol–water partition coefficient (Wildman–Crippen LogP) is 2.70. The second-order valence-corrected chi connectivity index (χ2v) is 5.95. The number of nitriles is 1. The molecule has 1 amide bonds. The van der Waals surface area contributed by atoms with Gasteiger partial charge in [-0.25, -0.2) is 4.39 Å².